The normalized spacial score (nSPS) is 6.57. The number of aliphatic carboxylic acids is 2. The molecule has 6 heteroatoms. The summed E-state index contributed by atoms with van der Waals surface area (Å²) in [6.07, 6.45) is 1.23. The summed E-state index contributed by atoms with van der Waals surface area (Å²) in [5.41, 5.74) is 0. The molecule has 0 aromatic rings. The number of rotatable bonds is 2. The molecule has 5 nitrogen and oxygen atoms in total. The van der Waals surface area contributed by atoms with Gasteiger partial charge in [-0.1, -0.05) is 6.92 Å². The lowest BCUT2D eigenvalue weighted by molar-refractivity contribution is -0.135. The fraction of sp³-hybridized carbons (Fsp3) is 0.750. The molecule has 0 saturated heterocycles. The molecule has 0 aliphatic heterocycles. The van der Waals surface area contributed by atoms with Crippen LogP contribution >= 0.6 is 12.4 Å². The van der Waals surface area contributed by atoms with E-state index in [4.69, 9.17) is 19.8 Å². The lowest BCUT2D eigenvalue weighted by Crippen LogP contribution is -2.04. The van der Waals surface area contributed by atoms with Gasteiger partial charge in [-0.05, 0) is 20.0 Å². The van der Waals surface area contributed by atoms with Crippen molar-refractivity contribution in [3.8, 4) is 0 Å². The average molecular weight is 230 g/mol. The quantitative estimate of drug-likeness (QED) is 0.663. The third kappa shape index (κ3) is 821. The molecule has 0 amide bonds. The van der Waals surface area contributed by atoms with Crippen LogP contribution in [0, 0.1) is 0 Å². The van der Waals surface area contributed by atoms with Crippen LogP contribution in [0.5, 0.6) is 0 Å². The molecule has 0 fully saturated rings. The van der Waals surface area contributed by atoms with Crippen LogP contribution in [0.3, 0.4) is 0 Å². The predicted molar refractivity (Wildman–Crippen MR) is 58.1 cm³/mol. The van der Waals surface area contributed by atoms with Gasteiger partial charge in [-0.2, -0.15) is 0 Å². The Bertz CT molecular complexity index is 109. The molecular weight excluding hydrogens is 210 g/mol. The van der Waals surface area contributed by atoms with Crippen LogP contribution in [-0.4, -0.2) is 35.7 Å². The van der Waals surface area contributed by atoms with E-state index in [2.05, 4.69) is 12.2 Å². The van der Waals surface area contributed by atoms with E-state index in [0.717, 1.165) is 20.4 Å². The number of carbonyl (C=O) groups is 2. The second kappa shape index (κ2) is 22.8. The summed E-state index contributed by atoms with van der Waals surface area (Å²) in [4.78, 5) is 18.0. The first-order chi connectivity index (χ1) is 5.88. The molecule has 0 unspecified atom stereocenters. The monoisotopic (exact) mass is 229 g/mol. The fourth-order valence-corrected chi connectivity index (χ4v) is 0.250. The zero-order chi connectivity index (χ0) is 11.3. The van der Waals surface area contributed by atoms with Gasteiger partial charge in [0.25, 0.3) is 11.9 Å². The topological polar surface area (TPSA) is 86.6 Å². The Labute approximate surface area is 90.9 Å². The second-order valence-corrected chi connectivity index (χ2v) is 2.14. The molecule has 0 aromatic heterocycles. The molecule has 0 saturated carbocycles. The Morgan fingerprint density at radius 3 is 1.36 bits per heavy atom. The second-order valence-electron chi connectivity index (χ2n) is 2.14. The van der Waals surface area contributed by atoms with Crippen molar-refractivity contribution in [1.29, 1.82) is 0 Å². The van der Waals surface area contributed by atoms with Crippen molar-refractivity contribution < 1.29 is 19.8 Å². The highest BCUT2D eigenvalue weighted by atomic mass is 35.5. The van der Waals surface area contributed by atoms with Gasteiger partial charge in [-0.25, -0.2) is 0 Å². The summed E-state index contributed by atoms with van der Waals surface area (Å²) < 4.78 is 0. The van der Waals surface area contributed by atoms with Crippen molar-refractivity contribution in [2.45, 2.75) is 27.2 Å². The number of carboxylic acid groups (broad SMARTS) is 2. The molecule has 0 aromatic carbocycles. The molecule has 0 heterocycles. The maximum Gasteiger partial charge on any atom is 0.300 e. The molecule has 88 valence electrons. The zero-order valence-corrected chi connectivity index (χ0v) is 9.85. The maximum absolute atomic E-state index is 9.00. The Kier molecular flexibility index (Phi) is 37.7. The van der Waals surface area contributed by atoms with E-state index >= 15 is 0 Å². The lowest BCUT2D eigenvalue weighted by atomic mass is 10.5. The van der Waals surface area contributed by atoms with Gasteiger partial charge >= 0.3 is 0 Å². The fourth-order valence-electron chi connectivity index (χ4n) is 0.250. The Balaban J connectivity index is -0.0000000522. The summed E-state index contributed by atoms with van der Waals surface area (Å²) in [6, 6.07) is 0. The van der Waals surface area contributed by atoms with Gasteiger partial charge in [0.1, 0.15) is 0 Å². The van der Waals surface area contributed by atoms with Crippen LogP contribution in [0.2, 0.25) is 0 Å². The molecule has 0 radical (unpaired) electrons. The van der Waals surface area contributed by atoms with E-state index in [0.29, 0.717) is 0 Å². The number of nitrogens with one attached hydrogen (secondary N) is 1. The highest BCUT2D eigenvalue weighted by Crippen LogP contribution is 1.62. The number of hydrogen-bond donors (Lipinski definition) is 3. The summed E-state index contributed by atoms with van der Waals surface area (Å²) in [6.45, 7) is 5.45. The molecule has 3 N–H and O–H groups in total. The van der Waals surface area contributed by atoms with Crippen LogP contribution in [0.1, 0.15) is 27.2 Å². The standard InChI is InChI=1S/C4H11N.2C2H4O2.ClH/c1-3-4-5-2;2*1-2(3)4;/h5H,3-4H2,1-2H3;2*1H3,(H,3,4);1H. The van der Waals surface area contributed by atoms with Gasteiger partial charge in [-0.3, -0.25) is 9.59 Å². The van der Waals surface area contributed by atoms with Gasteiger partial charge < -0.3 is 15.5 Å². The predicted octanol–water partition coefficient (Wildman–Crippen LogP) is 1.22. The summed E-state index contributed by atoms with van der Waals surface area (Å²) >= 11 is 0. The minimum atomic E-state index is -0.833. The molecule has 14 heavy (non-hydrogen) atoms. The van der Waals surface area contributed by atoms with Crippen molar-refractivity contribution in [3.05, 3.63) is 0 Å². The van der Waals surface area contributed by atoms with Gasteiger partial charge in [-0.15, -0.1) is 12.4 Å². The summed E-state index contributed by atoms with van der Waals surface area (Å²) in [5.74, 6) is -1.67. The van der Waals surface area contributed by atoms with Crippen LogP contribution in [0.15, 0.2) is 0 Å². The smallest absolute Gasteiger partial charge is 0.300 e. The molecule has 0 rings (SSSR count). The third-order valence-electron chi connectivity index (χ3n) is 0.500. The van der Waals surface area contributed by atoms with Gasteiger partial charge in [0, 0.05) is 13.8 Å². The minimum Gasteiger partial charge on any atom is -0.481 e. The molecule has 0 bridgehead atoms. The van der Waals surface area contributed by atoms with E-state index in [1.807, 2.05) is 7.05 Å². The van der Waals surface area contributed by atoms with Crippen LogP contribution < -0.4 is 5.32 Å². The van der Waals surface area contributed by atoms with Crippen LogP contribution in [-0.2, 0) is 9.59 Å². The first-order valence-corrected chi connectivity index (χ1v) is 3.92. The van der Waals surface area contributed by atoms with Gasteiger partial charge in [0.2, 0.25) is 0 Å². The van der Waals surface area contributed by atoms with Crippen LogP contribution in [0.4, 0.5) is 0 Å². The molecule has 0 aliphatic rings. The van der Waals surface area contributed by atoms with E-state index in [9.17, 15) is 0 Å². The van der Waals surface area contributed by atoms with Gasteiger partial charge in [0.15, 0.2) is 0 Å². The highest BCUT2D eigenvalue weighted by molar-refractivity contribution is 5.85. The average Bonchev–Trinajstić information content (AvgIpc) is 1.86. The molecule has 0 aliphatic carbocycles. The lowest BCUT2D eigenvalue weighted by Gasteiger charge is -1.84. The first kappa shape index (κ1) is 23.2. The highest BCUT2D eigenvalue weighted by Gasteiger charge is 1.66. The number of hydrogen-bond acceptors (Lipinski definition) is 3. The Morgan fingerprint density at radius 1 is 1.14 bits per heavy atom. The first-order valence-electron chi connectivity index (χ1n) is 3.92. The van der Waals surface area contributed by atoms with Crippen molar-refractivity contribution in [1.82, 2.24) is 5.32 Å². The summed E-state index contributed by atoms with van der Waals surface area (Å²) in [7, 11) is 1.96. The Hall–Kier alpha value is -0.810. The Morgan fingerprint density at radius 2 is 1.36 bits per heavy atom. The molecule has 0 atom stereocenters. The SMILES string of the molecule is CC(=O)O.CC(=O)O.CCCNC.Cl. The van der Waals surface area contributed by atoms with E-state index in [1.165, 1.54) is 6.42 Å². The largest absolute Gasteiger partial charge is 0.481 e. The maximum atomic E-state index is 9.00. The van der Waals surface area contributed by atoms with E-state index in [1.54, 1.807) is 0 Å². The van der Waals surface area contributed by atoms with Crippen molar-refractivity contribution >= 4 is 24.3 Å². The summed E-state index contributed by atoms with van der Waals surface area (Å²) in [5, 5.41) is 17.9. The van der Waals surface area contributed by atoms with Crippen molar-refractivity contribution in [3.63, 3.8) is 0 Å². The van der Waals surface area contributed by atoms with Crippen LogP contribution in [0.25, 0.3) is 0 Å². The van der Waals surface area contributed by atoms with E-state index < -0.39 is 11.9 Å². The van der Waals surface area contributed by atoms with Gasteiger partial charge in [0.05, 0.1) is 0 Å². The molecular formula is C8H20ClNO4. The number of halogens is 1. The zero-order valence-electron chi connectivity index (χ0n) is 9.03. The molecule has 0 spiro atoms. The minimum absolute atomic E-state index is 0. The van der Waals surface area contributed by atoms with Crippen molar-refractivity contribution in [2.24, 2.45) is 0 Å². The van der Waals surface area contributed by atoms with E-state index in [-0.39, 0.29) is 12.4 Å². The van der Waals surface area contributed by atoms with Crippen molar-refractivity contribution in [2.75, 3.05) is 13.6 Å². The number of carboxylic acids is 2. The third-order valence-corrected chi connectivity index (χ3v) is 0.500.